The first-order chi connectivity index (χ1) is 5.42. The van der Waals surface area contributed by atoms with Gasteiger partial charge in [-0.25, -0.2) is 0 Å². The Morgan fingerprint density at radius 1 is 1.55 bits per heavy atom. The van der Waals surface area contributed by atoms with Crippen molar-refractivity contribution >= 4 is 16.8 Å². The second-order valence-corrected chi connectivity index (χ2v) is 2.15. The van der Waals surface area contributed by atoms with Crippen LogP contribution in [0.4, 0.5) is 5.82 Å². The molecule has 4 nitrogen and oxygen atoms in total. The van der Waals surface area contributed by atoms with Gasteiger partial charge in [-0.05, 0) is 0 Å². The minimum absolute atomic E-state index is 0.730. The van der Waals surface area contributed by atoms with E-state index >= 15 is 0 Å². The molecule has 0 unspecified atom stereocenters. The molecule has 0 aliphatic carbocycles. The van der Waals surface area contributed by atoms with Gasteiger partial charge in [0, 0.05) is 25.5 Å². The Morgan fingerprint density at radius 2 is 2.45 bits per heavy atom. The molecule has 0 radical (unpaired) electrons. The number of fused-ring (bicyclic) bond motifs is 1. The summed E-state index contributed by atoms with van der Waals surface area (Å²) in [6, 6.07) is 1.78. The second-order valence-electron chi connectivity index (χ2n) is 2.15. The Labute approximate surface area is 63.2 Å². The van der Waals surface area contributed by atoms with Crippen molar-refractivity contribution < 1.29 is 4.52 Å². The lowest BCUT2D eigenvalue weighted by atomic mass is 10.3. The molecule has 1 N–H and O–H groups in total. The predicted molar refractivity (Wildman–Crippen MR) is 41.4 cm³/mol. The average molecular weight is 149 g/mol. The van der Waals surface area contributed by atoms with E-state index in [2.05, 4.69) is 15.5 Å². The Bertz CT molecular complexity index is 368. The van der Waals surface area contributed by atoms with Crippen molar-refractivity contribution in [3.63, 3.8) is 0 Å². The Kier molecular flexibility index (Phi) is 1.25. The number of anilines is 1. The number of aromatic nitrogens is 2. The molecule has 0 saturated carbocycles. The van der Waals surface area contributed by atoms with Crippen molar-refractivity contribution in [1.82, 2.24) is 10.1 Å². The average Bonchev–Trinajstić information content (AvgIpc) is 2.47. The summed E-state index contributed by atoms with van der Waals surface area (Å²) in [5.41, 5.74) is 0.754. The molecular formula is C7H7N3O. The molecule has 0 saturated heterocycles. The monoisotopic (exact) mass is 149 g/mol. The van der Waals surface area contributed by atoms with Gasteiger partial charge in [0.25, 0.3) is 0 Å². The summed E-state index contributed by atoms with van der Waals surface area (Å²) in [4.78, 5) is 3.95. The van der Waals surface area contributed by atoms with Crippen LogP contribution in [0.25, 0.3) is 11.0 Å². The van der Waals surface area contributed by atoms with Gasteiger partial charge < -0.3 is 9.84 Å². The number of rotatable bonds is 1. The molecule has 0 bridgehead atoms. The van der Waals surface area contributed by atoms with Crippen LogP contribution < -0.4 is 5.32 Å². The first kappa shape index (κ1) is 6.15. The zero-order valence-corrected chi connectivity index (χ0v) is 6.03. The van der Waals surface area contributed by atoms with Crippen molar-refractivity contribution in [2.75, 3.05) is 12.4 Å². The molecule has 0 aliphatic rings. The summed E-state index contributed by atoms with van der Waals surface area (Å²) in [7, 11) is 1.80. The minimum Gasteiger partial charge on any atom is -0.370 e. The molecule has 0 aromatic carbocycles. The van der Waals surface area contributed by atoms with Crippen LogP contribution in [-0.2, 0) is 0 Å². The van der Waals surface area contributed by atoms with Crippen LogP contribution in [-0.4, -0.2) is 17.2 Å². The Balaban J connectivity index is 2.76. The molecule has 0 aliphatic heterocycles. The van der Waals surface area contributed by atoms with E-state index in [-0.39, 0.29) is 0 Å². The molecular weight excluding hydrogens is 142 g/mol. The zero-order valence-electron chi connectivity index (χ0n) is 6.03. The smallest absolute Gasteiger partial charge is 0.178 e. The highest BCUT2D eigenvalue weighted by molar-refractivity contribution is 5.86. The third-order valence-corrected chi connectivity index (χ3v) is 1.51. The maximum atomic E-state index is 4.99. The van der Waals surface area contributed by atoms with E-state index < -0.39 is 0 Å². The van der Waals surface area contributed by atoms with Crippen LogP contribution in [0, 0.1) is 0 Å². The summed E-state index contributed by atoms with van der Waals surface area (Å²) >= 11 is 0. The first-order valence-corrected chi connectivity index (χ1v) is 3.29. The predicted octanol–water partition coefficient (Wildman–Crippen LogP) is 1.26. The SMILES string of the molecule is CNc1noc2ccncc12. The quantitative estimate of drug-likeness (QED) is 0.663. The summed E-state index contributed by atoms with van der Waals surface area (Å²) in [6.07, 6.45) is 3.39. The molecule has 2 heterocycles. The normalized spacial score (nSPS) is 10.3. The lowest BCUT2D eigenvalue weighted by Crippen LogP contribution is -1.87. The van der Waals surface area contributed by atoms with Crippen LogP contribution in [0.1, 0.15) is 0 Å². The van der Waals surface area contributed by atoms with Crippen LogP contribution in [0.2, 0.25) is 0 Å². The highest BCUT2D eigenvalue weighted by Gasteiger charge is 2.03. The van der Waals surface area contributed by atoms with E-state index in [0.29, 0.717) is 0 Å². The first-order valence-electron chi connectivity index (χ1n) is 3.29. The van der Waals surface area contributed by atoms with E-state index in [1.807, 2.05) is 0 Å². The van der Waals surface area contributed by atoms with Crippen molar-refractivity contribution in [2.45, 2.75) is 0 Å². The van der Waals surface area contributed by atoms with Crippen molar-refractivity contribution in [3.05, 3.63) is 18.5 Å². The van der Waals surface area contributed by atoms with E-state index in [1.54, 1.807) is 25.5 Å². The Morgan fingerprint density at radius 3 is 3.27 bits per heavy atom. The lowest BCUT2D eigenvalue weighted by molar-refractivity contribution is 0.459. The third-order valence-electron chi connectivity index (χ3n) is 1.51. The van der Waals surface area contributed by atoms with Gasteiger partial charge in [0.05, 0.1) is 5.39 Å². The molecule has 0 atom stereocenters. The van der Waals surface area contributed by atoms with Crippen LogP contribution in [0.5, 0.6) is 0 Å². The topological polar surface area (TPSA) is 51.0 Å². The summed E-state index contributed by atoms with van der Waals surface area (Å²) in [5.74, 6) is 0.730. The largest absolute Gasteiger partial charge is 0.370 e. The number of nitrogens with one attached hydrogen (secondary N) is 1. The molecule has 0 fully saturated rings. The summed E-state index contributed by atoms with van der Waals surface area (Å²) < 4.78 is 4.99. The van der Waals surface area contributed by atoms with Gasteiger partial charge in [-0.3, -0.25) is 4.98 Å². The summed E-state index contributed by atoms with van der Waals surface area (Å²) in [5, 5.41) is 7.60. The van der Waals surface area contributed by atoms with Gasteiger partial charge in [0.2, 0.25) is 0 Å². The van der Waals surface area contributed by atoms with Gasteiger partial charge in [-0.1, -0.05) is 5.16 Å². The molecule has 2 aromatic heterocycles. The maximum Gasteiger partial charge on any atom is 0.178 e. The van der Waals surface area contributed by atoms with Crippen molar-refractivity contribution in [1.29, 1.82) is 0 Å². The minimum atomic E-state index is 0.730. The number of nitrogens with zero attached hydrogens (tertiary/aromatic N) is 2. The summed E-state index contributed by atoms with van der Waals surface area (Å²) in [6.45, 7) is 0. The van der Waals surface area contributed by atoms with E-state index in [9.17, 15) is 0 Å². The van der Waals surface area contributed by atoms with E-state index in [4.69, 9.17) is 4.52 Å². The van der Waals surface area contributed by atoms with Crippen LogP contribution in [0.15, 0.2) is 23.0 Å². The molecule has 4 heteroatoms. The van der Waals surface area contributed by atoms with Crippen molar-refractivity contribution in [2.24, 2.45) is 0 Å². The fourth-order valence-corrected chi connectivity index (χ4v) is 0.963. The number of hydrogen-bond donors (Lipinski definition) is 1. The lowest BCUT2D eigenvalue weighted by Gasteiger charge is -1.88. The molecule has 2 aromatic rings. The Hall–Kier alpha value is -1.58. The molecule has 11 heavy (non-hydrogen) atoms. The highest BCUT2D eigenvalue weighted by Crippen LogP contribution is 2.19. The second kappa shape index (κ2) is 2.23. The maximum absolute atomic E-state index is 4.99. The van der Waals surface area contributed by atoms with Crippen LogP contribution >= 0.6 is 0 Å². The number of pyridine rings is 1. The number of hydrogen-bond acceptors (Lipinski definition) is 4. The van der Waals surface area contributed by atoms with Crippen LogP contribution in [0.3, 0.4) is 0 Å². The van der Waals surface area contributed by atoms with Crippen molar-refractivity contribution in [3.8, 4) is 0 Å². The third kappa shape index (κ3) is 0.832. The van der Waals surface area contributed by atoms with Gasteiger partial charge in [0.15, 0.2) is 11.4 Å². The van der Waals surface area contributed by atoms with Gasteiger partial charge in [-0.15, -0.1) is 0 Å². The van der Waals surface area contributed by atoms with Gasteiger partial charge in [0.1, 0.15) is 0 Å². The molecule has 2 rings (SSSR count). The fourth-order valence-electron chi connectivity index (χ4n) is 0.963. The highest BCUT2D eigenvalue weighted by atomic mass is 16.5. The molecule has 56 valence electrons. The van der Waals surface area contributed by atoms with E-state index in [1.165, 1.54) is 0 Å². The van der Waals surface area contributed by atoms with E-state index in [0.717, 1.165) is 16.8 Å². The zero-order chi connectivity index (χ0) is 7.68. The standard InChI is InChI=1S/C7H7N3O/c1-8-7-5-4-9-3-2-6(5)11-10-7/h2-4H,1H3,(H,8,10). The van der Waals surface area contributed by atoms with Gasteiger partial charge in [-0.2, -0.15) is 0 Å². The van der Waals surface area contributed by atoms with Gasteiger partial charge >= 0.3 is 0 Å². The molecule has 0 spiro atoms. The fraction of sp³-hybridized carbons (Fsp3) is 0.143. The molecule has 0 amide bonds.